The van der Waals surface area contributed by atoms with Crippen LogP contribution in [0.5, 0.6) is 0 Å². The Bertz CT molecular complexity index is 525. The van der Waals surface area contributed by atoms with E-state index in [1.807, 2.05) is 20.8 Å². The first-order chi connectivity index (χ1) is 9.34. The lowest BCUT2D eigenvalue weighted by Crippen LogP contribution is -2.39. The summed E-state index contributed by atoms with van der Waals surface area (Å²) in [6.07, 6.45) is 2.96. The molecular formula is C13H25N3O3S. The Hall–Kier alpha value is -0.920. The van der Waals surface area contributed by atoms with Gasteiger partial charge in [-0.2, -0.15) is 0 Å². The first kappa shape index (κ1) is 17.1. The summed E-state index contributed by atoms with van der Waals surface area (Å²) in [5.41, 5.74) is -0.407. The number of sulfonamides is 1. The van der Waals surface area contributed by atoms with E-state index in [4.69, 9.17) is 0 Å². The van der Waals surface area contributed by atoms with E-state index in [1.54, 1.807) is 11.5 Å². The maximum atomic E-state index is 12.2. The monoisotopic (exact) mass is 303 g/mol. The molecule has 1 rings (SSSR count). The van der Waals surface area contributed by atoms with Crippen LogP contribution in [0.3, 0.4) is 0 Å². The fourth-order valence-corrected chi connectivity index (χ4v) is 3.19. The van der Waals surface area contributed by atoms with Gasteiger partial charge in [-0.05, 0) is 26.7 Å². The van der Waals surface area contributed by atoms with Crippen LogP contribution in [-0.4, -0.2) is 36.2 Å². The second kappa shape index (κ2) is 6.69. The van der Waals surface area contributed by atoms with E-state index in [0.29, 0.717) is 25.2 Å². The van der Waals surface area contributed by atoms with E-state index in [-0.39, 0.29) is 18.2 Å². The summed E-state index contributed by atoms with van der Waals surface area (Å²) in [7, 11) is -3.63. The number of aliphatic hydroxyl groups is 1. The molecule has 0 amide bonds. The summed E-state index contributed by atoms with van der Waals surface area (Å²) in [5.74, 6) is 0.673. The Balaban J connectivity index is 2.89. The Morgan fingerprint density at radius 2 is 1.95 bits per heavy atom. The SMILES string of the molecule is CCn1cc(S(=O)(=O)NCC(CC)(CC)CO)nc1C. The number of nitrogens with zero attached hydrogens (tertiary/aromatic N) is 2. The van der Waals surface area contributed by atoms with Crippen LogP contribution in [0.25, 0.3) is 0 Å². The molecule has 0 aliphatic carbocycles. The summed E-state index contributed by atoms with van der Waals surface area (Å²) >= 11 is 0. The van der Waals surface area contributed by atoms with Crippen molar-refractivity contribution in [2.45, 2.75) is 52.1 Å². The Morgan fingerprint density at radius 3 is 2.35 bits per heavy atom. The van der Waals surface area contributed by atoms with E-state index in [1.165, 1.54) is 6.20 Å². The van der Waals surface area contributed by atoms with Gasteiger partial charge >= 0.3 is 0 Å². The molecule has 0 fully saturated rings. The second-order valence-corrected chi connectivity index (χ2v) is 6.82. The summed E-state index contributed by atoms with van der Waals surface area (Å²) in [5, 5.41) is 9.51. The van der Waals surface area contributed by atoms with E-state index >= 15 is 0 Å². The number of aryl methyl sites for hydroxylation is 2. The van der Waals surface area contributed by atoms with Crippen molar-refractivity contribution in [3.63, 3.8) is 0 Å². The van der Waals surface area contributed by atoms with Crippen LogP contribution >= 0.6 is 0 Å². The van der Waals surface area contributed by atoms with Crippen molar-refractivity contribution in [3.8, 4) is 0 Å². The molecule has 6 nitrogen and oxygen atoms in total. The molecule has 1 aromatic rings. The highest BCUT2D eigenvalue weighted by molar-refractivity contribution is 7.89. The fourth-order valence-electron chi connectivity index (χ4n) is 2.03. The van der Waals surface area contributed by atoms with Gasteiger partial charge in [-0.3, -0.25) is 0 Å². The third-order valence-electron chi connectivity index (χ3n) is 4.04. The zero-order valence-corrected chi connectivity index (χ0v) is 13.5. The maximum Gasteiger partial charge on any atom is 0.259 e. The standard InChI is InChI=1S/C13H25N3O3S/c1-5-13(6-2,10-17)9-14-20(18,19)12-8-16(7-3)11(4)15-12/h8,14,17H,5-7,9-10H2,1-4H3. The van der Waals surface area contributed by atoms with Gasteiger partial charge in [0.05, 0.1) is 0 Å². The van der Waals surface area contributed by atoms with Crippen LogP contribution in [-0.2, 0) is 16.6 Å². The number of hydrogen-bond donors (Lipinski definition) is 2. The Kier molecular flexibility index (Phi) is 5.73. The molecule has 0 aliphatic heterocycles. The molecular weight excluding hydrogens is 278 g/mol. The van der Waals surface area contributed by atoms with Crippen LogP contribution in [0.4, 0.5) is 0 Å². The molecule has 0 aromatic carbocycles. The topological polar surface area (TPSA) is 84.2 Å². The average Bonchev–Trinajstić information content (AvgIpc) is 2.83. The molecule has 7 heteroatoms. The lowest BCUT2D eigenvalue weighted by Gasteiger charge is -2.29. The molecule has 1 heterocycles. The highest BCUT2D eigenvalue weighted by Gasteiger charge is 2.28. The predicted molar refractivity (Wildman–Crippen MR) is 77.9 cm³/mol. The minimum absolute atomic E-state index is 0.0368. The highest BCUT2D eigenvalue weighted by Crippen LogP contribution is 2.25. The molecule has 116 valence electrons. The third kappa shape index (κ3) is 3.59. The number of rotatable bonds is 8. The molecule has 0 atom stereocenters. The molecule has 0 bridgehead atoms. The molecule has 0 aliphatic rings. The normalized spacial score (nSPS) is 12.8. The lowest BCUT2D eigenvalue weighted by atomic mass is 9.84. The second-order valence-electron chi connectivity index (χ2n) is 5.10. The molecule has 0 radical (unpaired) electrons. The van der Waals surface area contributed by atoms with Gasteiger partial charge in [0.1, 0.15) is 5.82 Å². The fraction of sp³-hybridized carbons (Fsp3) is 0.769. The van der Waals surface area contributed by atoms with Crippen molar-refractivity contribution in [2.24, 2.45) is 5.41 Å². The van der Waals surface area contributed by atoms with E-state index in [0.717, 1.165) is 0 Å². The van der Waals surface area contributed by atoms with E-state index in [9.17, 15) is 13.5 Å². The molecule has 20 heavy (non-hydrogen) atoms. The summed E-state index contributed by atoms with van der Waals surface area (Å²) < 4.78 is 28.8. The van der Waals surface area contributed by atoms with Gasteiger partial charge in [0.15, 0.2) is 5.03 Å². The first-order valence-electron chi connectivity index (χ1n) is 6.98. The zero-order valence-electron chi connectivity index (χ0n) is 12.7. The molecule has 0 unspecified atom stereocenters. The van der Waals surface area contributed by atoms with Crippen molar-refractivity contribution in [1.82, 2.24) is 14.3 Å². The van der Waals surface area contributed by atoms with Crippen LogP contribution in [0, 0.1) is 12.3 Å². The number of imidazole rings is 1. The largest absolute Gasteiger partial charge is 0.396 e. The highest BCUT2D eigenvalue weighted by atomic mass is 32.2. The first-order valence-corrected chi connectivity index (χ1v) is 8.46. The van der Waals surface area contributed by atoms with Crippen molar-refractivity contribution in [2.75, 3.05) is 13.2 Å². The number of aromatic nitrogens is 2. The number of hydrogen-bond acceptors (Lipinski definition) is 4. The Labute approximate surface area is 121 Å². The average molecular weight is 303 g/mol. The van der Waals surface area contributed by atoms with Gasteiger partial charge in [-0.25, -0.2) is 18.1 Å². The third-order valence-corrected chi connectivity index (χ3v) is 5.31. The predicted octanol–water partition coefficient (Wildman–Crippen LogP) is 1.29. The van der Waals surface area contributed by atoms with Crippen molar-refractivity contribution < 1.29 is 13.5 Å². The summed E-state index contributed by atoms with van der Waals surface area (Å²) in [6, 6.07) is 0. The molecule has 2 N–H and O–H groups in total. The quantitative estimate of drug-likeness (QED) is 0.758. The molecule has 0 saturated carbocycles. The minimum atomic E-state index is -3.63. The molecule has 0 saturated heterocycles. The van der Waals surface area contributed by atoms with Crippen molar-refractivity contribution >= 4 is 10.0 Å². The van der Waals surface area contributed by atoms with Crippen LogP contribution in [0.15, 0.2) is 11.2 Å². The van der Waals surface area contributed by atoms with Crippen molar-refractivity contribution in [1.29, 1.82) is 0 Å². The summed E-state index contributed by atoms with van der Waals surface area (Å²) in [6.45, 7) is 8.47. The van der Waals surface area contributed by atoms with Gasteiger partial charge < -0.3 is 9.67 Å². The summed E-state index contributed by atoms with van der Waals surface area (Å²) in [4.78, 5) is 4.08. The minimum Gasteiger partial charge on any atom is -0.396 e. The smallest absolute Gasteiger partial charge is 0.259 e. The van der Waals surface area contributed by atoms with Gasteiger partial charge in [-0.1, -0.05) is 13.8 Å². The van der Waals surface area contributed by atoms with Crippen LogP contribution in [0.1, 0.15) is 39.4 Å². The van der Waals surface area contributed by atoms with E-state index in [2.05, 4.69) is 9.71 Å². The Morgan fingerprint density at radius 1 is 1.35 bits per heavy atom. The van der Waals surface area contributed by atoms with Crippen LogP contribution in [0.2, 0.25) is 0 Å². The number of nitrogens with one attached hydrogen (secondary N) is 1. The van der Waals surface area contributed by atoms with Crippen LogP contribution < -0.4 is 4.72 Å². The number of aliphatic hydroxyl groups excluding tert-OH is 1. The maximum absolute atomic E-state index is 12.2. The zero-order chi connectivity index (χ0) is 15.4. The van der Waals surface area contributed by atoms with Gasteiger partial charge in [0, 0.05) is 31.3 Å². The van der Waals surface area contributed by atoms with Gasteiger partial charge in [0.25, 0.3) is 10.0 Å². The van der Waals surface area contributed by atoms with E-state index < -0.39 is 15.4 Å². The van der Waals surface area contributed by atoms with Crippen molar-refractivity contribution in [3.05, 3.63) is 12.0 Å². The molecule has 0 spiro atoms. The van der Waals surface area contributed by atoms with Gasteiger partial charge in [-0.15, -0.1) is 0 Å². The lowest BCUT2D eigenvalue weighted by molar-refractivity contribution is 0.119. The molecule has 1 aromatic heterocycles. The van der Waals surface area contributed by atoms with Gasteiger partial charge in [0.2, 0.25) is 0 Å².